The van der Waals surface area contributed by atoms with Crippen LogP contribution < -0.4 is 19.8 Å². The Morgan fingerprint density at radius 3 is 2.77 bits per heavy atom. The third kappa shape index (κ3) is 4.94. The maximum absolute atomic E-state index is 13.1. The van der Waals surface area contributed by atoms with Crippen LogP contribution in [0.25, 0.3) is 10.9 Å². The predicted molar refractivity (Wildman–Crippen MR) is 142 cm³/mol. The van der Waals surface area contributed by atoms with Crippen LogP contribution >= 0.6 is 43.5 Å². The topological polar surface area (TPSA) is 74.9 Å². The summed E-state index contributed by atoms with van der Waals surface area (Å²) < 4.78 is 19.5. The van der Waals surface area contributed by atoms with Gasteiger partial charge < -0.3 is 14.2 Å². The molecule has 0 amide bonds. The van der Waals surface area contributed by atoms with Crippen molar-refractivity contribution in [1.82, 2.24) is 9.66 Å². The fraction of sp³-hybridized carbons (Fsp3) is 0.160. The molecule has 0 saturated heterocycles. The molecule has 0 atom stereocenters. The van der Waals surface area contributed by atoms with Crippen LogP contribution in [-0.2, 0) is 13.0 Å². The fourth-order valence-corrected chi connectivity index (χ4v) is 5.00. The first-order chi connectivity index (χ1) is 16.9. The van der Waals surface area contributed by atoms with E-state index in [1.54, 1.807) is 18.3 Å². The molecule has 5 rings (SSSR count). The molecule has 0 saturated carbocycles. The minimum atomic E-state index is -0.238. The van der Waals surface area contributed by atoms with Crippen molar-refractivity contribution in [3.63, 3.8) is 0 Å². The lowest BCUT2D eigenvalue weighted by molar-refractivity contribution is 0.174. The van der Waals surface area contributed by atoms with Gasteiger partial charge in [0.15, 0.2) is 17.2 Å². The van der Waals surface area contributed by atoms with Gasteiger partial charge in [0.2, 0.25) is 6.79 Å². The first-order valence-corrected chi connectivity index (χ1v) is 12.6. The first-order valence-electron chi connectivity index (χ1n) is 10.7. The second kappa shape index (κ2) is 10.0. The summed E-state index contributed by atoms with van der Waals surface area (Å²) in [5, 5.41) is 5.31. The van der Waals surface area contributed by atoms with Gasteiger partial charge in [0.05, 0.1) is 26.6 Å². The molecule has 0 spiro atoms. The number of ether oxygens (including phenoxy) is 3. The molecule has 0 aliphatic carbocycles. The molecule has 0 fully saturated rings. The Balaban J connectivity index is 1.40. The lowest BCUT2D eigenvalue weighted by Crippen LogP contribution is -2.22. The minimum Gasteiger partial charge on any atom is -0.486 e. The quantitative estimate of drug-likeness (QED) is 0.236. The highest BCUT2D eigenvalue weighted by Crippen LogP contribution is 2.36. The Kier molecular flexibility index (Phi) is 6.82. The van der Waals surface area contributed by atoms with Gasteiger partial charge in [-0.25, -0.2) is 4.98 Å². The molecular formula is C25H18Br2ClN3O4. The summed E-state index contributed by atoms with van der Waals surface area (Å²) in [4.78, 5) is 17.7. The van der Waals surface area contributed by atoms with Gasteiger partial charge in [0.25, 0.3) is 5.56 Å². The molecule has 178 valence electrons. The summed E-state index contributed by atoms with van der Waals surface area (Å²) in [5.41, 5.74) is 2.01. The number of aromatic nitrogens is 2. The van der Waals surface area contributed by atoms with E-state index in [1.165, 1.54) is 4.68 Å². The number of aryl methyl sites for hydroxylation is 1. The molecule has 1 aromatic heterocycles. The van der Waals surface area contributed by atoms with Gasteiger partial charge in [-0.1, -0.05) is 40.5 Å². The monoisotopic (exact) mass is 617 g/mol. The molecule has 0 radical (unpaired) electrons. The number of benzene rings is 3. The van der Waals surface area contributed by atoms with Crippen molar-refractivity contribution in [1.29, 1.82) is 0 Å². The lowest BCUT2D eigenvalue weighted by Gasteiger charge is -2.12. The zero-order valence-electron chi connectivity index (χ0n) is 18.4. The van der Waals surface area contributed by atoms with E-state index in [1.807, 2.05) is 43.3 Å². The van der Waals surface area contributed by atoms with Crippen LogP contribution in [-0.4, -0.2) is 22.7 Å². The fourth-order valence-electron chi connectivity index (χ4n) is 3.65. The van der Waals surface area contributed by atoms with E-state index in [2.05, 4.69) is 41.9 Å². The molecule has 1 aliphatic heterocycles. The van der Waals surface area contributed by atoms with E-state index in [0.29, 0.717) is 56.3 Å². The van der Waals surface area contributed by atoms with Crippen LogP contribution in [0.4, 0.5) is 0 Å². The van der Waals surface area contributed by atoms with Gasteiger partial charge in [0, 0.05) is 10.9 Å². The number of nitrogens with zero attached hydrogens (tertiary/aromatic N) is 3. The zero-order valence-corrected chi connectivity index (χ0v) is 22.4. The summed E-state index contributed by atoms with van der Waals surface area (Å²) >= 11 is 13.5. The smallest absolute Gasteiger partial charge is 0.282 e. The summed E-state index contributed by atoms with van der Waals surface area (Å²) in [6, 6.07) is 14.6. The summed E-state index contributed by atoms with van der Waals surface area (Å²) in [6.45, 7) is 2.45. The predicted octanol–water partition coefficient (Wildman–Crippen LogP) is 6.33. The van der Waals surface area contributed by atoms with Gasteiger partial charge in [-0.05, 0) is 69.5 Å². The third-order valence-corrected chi connectivity index (χ3v) is 6.72. The maximum atomic E-state index is 13.1. The highest BCUT2D eigenvalue weighted by atomic mass is 79.9. The van der Waals surface area contributed by atoms with Gasteiger partial charge in [0.1, 0.15) is 12.4 Å². The summed E-state index contributed by atoms with van der Waals surface area (Å²) in [7, 11) is 0. The molecule has 0 N–H and O–H groups in total. The second-order valence-electron chi connectivity index (χ2n) is 7.69. The minimum absolute atomic E-state index is 0.221. The van der Waals surface area contributed by atoms with Crippen LogP contribution in [0.15, 0.2) is 67.4 Å². The first kappa shape index (κ1) is 23.8. The van der Waals surface area contributed by atoms with Crippen LogP contribution in [0.1, 0.15) is 23.9 Å². The second-order valence-corrected chi connectivity index (χ2v) is 9.87. The summed E-state index contributed by atoms with van der Waals surface area (Å²) in [5.74, 6) is 2.48. The normalized spacial score (nSPS) is 12.6. The van der Waals surface area contributed by atoms with Crippen molar-refractivity contribution in [2.75, 3.05) is 6.79 Å². The van der Waals surface area contributed by atoms with Crippen LogP contribution in [0.2, 0.25) is 5.02 Å². The van der Waals surface area contributed by atoms with Crippen molar-refractivity contribution in [2.24, 2.45) is 5.10 Å². The van der Waals surface area contributed by atoms with Crippen molar-refractivity contribution in [2.45, 2.75) is 20.0 Å². The molecule has 2 heterocycles. The largest absolute Gasteiger partial charge is 0.486 e. The molecule has 1 aliphatic rings. The highest BCUT2D eigenvalue weighted by Gasteiger charge is 2.15. The van der Waals surface area contributed by atoms with Gasteiger partial charge in [-0.3, -0.25) is 4.79 Å². The average Bonchev–Trinajstić information content (AvgIpc) is 3.31. The average molecular weight is 620 g/mol. The SMILES string of the molecule is CCc1nc2ccc(Br)cc2c(=O)n1N=Cc1cc(Cl)c(OCc2ccc3c(c2)OCO3)c(Br)c1. The summed E-state index contributed by atoms with van der Waals surface area (Å²) in [6.07, 6.45) is 2.12. The van der Waals surface area contributed by atoms with Crippen LogP contribution in [0.3, 0.4) is 0 Å². The van der Waals surface area contributed by atoms with Crippen LogP contribution in [0.5, 0.6) is 17.2 Å². The molecule has 0 unspecified atom stereocenters. The van der Waals surface area contributed by atoms with E-state index in [0.717, 1.165) is 15.8 Å². The van der Waals surface area contributed by atoms with E-state index in [-0.39, 0.29) is 12.4 Å². The Bertz CT molecular complexity index is 1510. The molecule has 10 heteroatoms. The van der Waals surface area contributed by atoms with E-state index >= 15 is 0 Å². The van der Waals surface area contributed by atoms with Crippen LogP contribution in [0, 0.1) is 0 Å². The number of hydrogen-bond acceptors (Lipinski definition) is 6. The Morgan fingerprint density at radius 2 is 1.97 bits per heavy atom. The van der Waals surface area contributed by atoms with E-state index < -0.39 is 0 Å². The number of fused-ring (bicyclic) bond motifs is 2. The molecule has 0 bridgehead atoms. The van der Waals surface area contributed by atoms with Crippen molar-refractivity contribution >= 4 is 60.6 Å². The van der Waals surface area contributed by atoms with E-state index in [9.17, 15) is 4.79 Å². The Hall–Kier alpha value is -2.88. The molecular weight excluding hydrogens is 602 g/mol. The van der Waals surface area contributed by atoms with Gasteiger partial charge >= 0.3 is 0 Å². The third-order valence-electron chi connectivity index (χ3n) is 5.35. The van der Waals surface area contributed by atoms with E-state index in [4.69, 9.17) is 25.8 Å². The number of rotatable bonds is 6. The van der Waals surface area contributed by atoms with Gasteiger partial charge in [-0.2, -0.15) is 9.78 Å². The lowest BCUT2D eigenvalue weighted by atomic mass is 10.2. The highest BCUT2D eigenvalue weighted by molar-refractivity contribution is 9.10. The number of halogens is 3. The Labute approximate surface area is 222 Å². The van der Waals surface area contributed by atoms with Crippen molar-refractivity contribution in [3.8, 4) is 17.2 Å². The maximum Gasteiger partial charge on any atom is 0.282 e. The number of hydrogen-bond donors (Lipinski definition) is 0. The Morgan fingerprint density at radius 1 is 1.14 bits per heavy atom. The zero-order chi connectivity index (χ0) is 24.5. The molecule has 3 aromatic carbocycles. The molecule has 35 heavy (non-hydrogen) atoms. The van der Waals surface area contributed by atoms with Gasteiger partial charge in [-0.15, -0.1) is 0 Å². The van der Waals surface area contributed by atoms with Crippen molar-refractivity contribution in [3.05, 3.63) is 89.8 Å². The molecule has 4 aromatic rings. The molecule has 7 nitrogen and oxygen atoms in total. The standard InChI is InChI=1S/C25H18Br2ClN3O4/c1-2-23-30-20-5-4-16(26)10-17(20)25(32)31(23)29-11-15-7-18(27)24(19(28)8-15)33-12-14-3-6-21-22(9-14)35-13-34-21/h3-11H,2,12-13H2,1H3. The van der Waals surface area contributed by atoms with Crippen molar-refractivity contribution < 1.29 is 14.2 Å².